The second-order valence-electron chi connectivity index (χ2n) is 6.51. The molecule has 1 heterocycles. The normalized spacial score (nSPS) is 23.6. The average molecular weight is 272 g/mol. The van der Waals surface area contributed by atoms with Crippen molar-refractivity contribution in [2.45, 2.75) is 58.0 Å². The van der Waals surface area contributed by atoms with E-state index in [-0.39, 0.29) is 0 Å². The molecular formula is C18H28N2. The summed E-state index contributed by atoms with van der Waals surface area (Å²) in [6, 6.07) is 10.0. The van der Waals surface area contributed by atoms with Gasteiger partial charge in [-0.3, -0.25) is 0 Å². The first-order valence-electron chi connectivity index (χ1n) is 8.42. The van der Waals surface area contributed by atoms with Crippen LogP contribution in [0.15, 0.2) is 24.3 Å². The van der Waals surface area contributed by atoms with Crippen molar-refractivity contribution in [3.05, 3.63) is 29.8 Å². The van der Waals surface area contributed by atoms with E-state index in [4.69, 9.17) is 0 Å². The van der Waals surface area contributed by atoms with Crippen molar-refractivity contribution < 1.29 is 0 Å². The van der Waals surface area contributed by atoms with E-state index in [1.165, 1.54) is 62.9 Å². The third-order valence-corrected chi connectivity index (χ3v) is 4.90. The first-order valence-corrected chi connectivity index (χ1v) is 8.42. The van der Waals surface area contributed by atoms with Crippen molar-refractivity contribution in [1.82, 2.24) is 5.32 Å². The molecule has 0 spiro atoms. The van der Waals surface area contributed by atoms with E-state index in [9.17, 15) is 0 Å². The molecule has 1 N–H and O–H groups in total. The van der Waals surface area contributed by atoms with Crippen LogP contribution in [0.4, 0.5) is 5.69 Å². The van der Waals surface area contributed by atoms with Crippen molar-refractivity contribution in [2.24, 2.45) is 5.92 Å². The highest BCUT2D eigenvalue weighted by Gasteiger charge is 2.20. The Labute approximate surface area is 123 Å². The molecule has 1 saturated heterocycles. The molecule has 2 aliphatic rings. The van der Waals surface area contributed by atoms with E-state index in [1.807, 2.05) is 0 Å². The zero-order valence-corrected chi connectivity index (χ0v) is 12.8. The summed E-state index contributed by atoms with van der Waals surface area (Å²) in [5.41, 5.74) is 2.83. The Morgan fingerprint density at radius 1 is 1.05 bits per heavy atom. The SMILES string of the molecule is CCC1CCCN(c2ccc(CNC3CC3)cc2)CC1. The van der Waals surface area contributed by atoms with E-state index in [2.05, 4.69) is 41.4 Å². The van der Waals surface area contributed by atoms with Crippen molar-refractivity contribution in [3.8, 4) is 0 Å². The maximum atomic E-state index is 3.58. The summed E-state index contributed by atoms with van der Waals surface area (Å²) in [6.07, 6.45) is 8.20. The minimum atomic E-state index is 0.797. The van der Waals surface area contributed by atoms with Crippen molar-refractivity contribution in [1.29, 1.82) is 0 Å². The molecule has 2 heteroatoms. The highest BCUT2D eigenvalue weighted by Crippen LogP contribution is 2.25. The molecule has 20 heavy (non-hydrogen) atoms. The molecule has 110 valence electrons. The Kier molecular flexibility index (Phi) is 4.62. The summed E-state index contributed by atoms with van der Waals surface area (Å²) in [6.45, 7) is 5.83. The van der Waals surface area contributed by atoms with Gasteiger partial charge in [0.1, 0.15) is 0 Å². The molecule has 1 unspecified atom stereocenters. The predicted octanol–water partition coefficient (Wildman–Crippen LogP) is 3.96. The number of benzene rings is 1. The molecule has 1 aromatic rings. The third-order valence-electron chi connectivity index (χ3n) is 4.90. The van der Waals surface area contributed by atoms with Gasteiger partial charge in [0.25, 0.3) is 0 Å². The van der Waals surface area contributed by atoms with Crippen LogP contribution in [0.2, 0.25) is 0 Å². The van der Waals surface area contributed by atoms with Crippen LogP contribution in [0.1, 0.15) is 51.0 Å². The smallest absolute Gasteiger partial charge is 0.0366 e. The third kappa shape index (κ3) is 3.76. The average Bonchev–Trinajstić information content (AvgIpc) is 3.32. The lowest BCUT2D eigenvalue weighted by Crippen LogP contribution is -2.24. The standard InChI is InChI=1S/C18H28N2/c1-2-15-4-3-12-20(13-11-15)18-9-5-16(6-10-18)14-19-17-7-8-17/h5-6,9-10,15,17,19H,2-4,7-8,11-14H2,1H3. The van der Waals surface area contributed by atoms with Gasteiger partial charge in [-0.1, -0.05) is 25.5 Å². The van der Waals surface area contributed by atoms with Gasteiger partial charge in [0.2, 0.25) is 0 Å². The van der Waals surface area contributed by atoms with Crippen LogP contribution in [-0.2, 0) is 6.54 Å². The minimum Gasteiger partial charge on any atom is -0.372 e. The molecule has 1 atom stereocenters. The minimum absolute atomic E-state index is 0.797. The van der Waals surface area contributed by atoms with Crippen LogP contribution >= 0.6 is 0 Å². The van der Waals surface area contributed by atoms with Crippen molar-refractivity contribution in [2.75, 3.05) is 18.0 Å². The number of hydrogen-bond acceptors (Lipinski definition) is 2. The van der Waals surface area contributed by atoms with E-state index < -0.39 is 0 Å². The fraction of sp³-hybridized carbons (Fsp3) is 0.667. The Hall–Kier alpha value is -1.02. The fourth-order valence-electron chi connectivity index (χ4n) is 3.21. The fourth-order valence-corrected chi connectivity index (χ4v) is 3.21. The van der Waals surface area contributed by atoms with Crippen LogP contribution in [0.5, 0.6) is 0 Å². The van der Waals surface area contributed by atoms with E-state index in [0.29, 0.717) is 0 Å². The summed E-state index contributed by atoms with van der Waals surface area (Å²) in [5, 5.41) is 3.58. The molecule has 1 saturated carbocycles. The van der Waals surface area contributed by atoms with E-state index in [1.54, 1.807) is 0 Å². The summed E-state index contributed by atoms with van der Waals surface area (Å²) < 4.78 is 0. The highest BCUT2D eigenvalue weighted by atomic mass is 15.1. The largest absolute Gasteiger partial charge is 0.372 e. The molecule has 0 aromatic heterocycles. The van der Waals surface area contributed by atoms with Gasteiger partial charge < -0.3 is 10.2 Å². The van der Waals surface area contributed by atoms with E-state index >= 15 is 0 Å². The second-order valence-corrected chi connectivity index (χ2v) is 6.51. The predicted molar refractivity (Wildman–Crippen MR) is 86.1 cm³/mol. The number of hydrogen-bond donors (Lipinski definition) is 1. The highest BCUT2D eigenvalue weighted by molar-refractivity contribution is 5.47. The molecule has 1 aliphatic carbocycles. The van der Waals surface area contributed by atoms with Gasteiger partial charge in [0.15, 0.2) is 0 Å². The van der Waals surface area contributed by atoms with Crippen molar-refractivity contribution in [3.63, 3.8) is 0 Å². The van der Waals surface area contributed by atoms with Gasteiger partial charge in [0.05, 0.1) is 0 Å². The summed E-state index contributed by atoms with van der Waals surface area (Å²) in [4.78, 5) is 2.58. The number of nitrogens with one attached hydrogen (secondary N) is 1. The summed E-state index contributed by atoms with van der Waals surface area (Å²) in [7, 11) is 0. The van der Waals surface area contributed by atoms with Gasteiger partial charge in [-0.2, -0.15) is 0 Å². The Morgan fingerprint density at radius 3 is 2.55 bits per heavy atom. The molecular weight excluding hydrogens is 244 g/mol. The summed E-state index contributed by atoms with van der Waals surface area (Å²) in [5.74, 6) is 0.946. The molecule has 0 amide bonds. The van der Waals surface area contributed by atoms with Gasteiger partial charge in [-0.05, 0) is 55.7 Å². The van der Waals surface area contributed by atoms with Crippen LogP contribution in [-0.4, -0.2) is 19.1 Å². The maximum Gasteiger partial charge on any atom is 0.0366 e. The van der Waals surface area contributed by atoms with Crippen LogP contribution in [0.3, 0.4) is 0 Å². The molecule has 2 fully saturated rings. The molecule has 0 radical (unpaired) electrons. The maximum absolute atomic E-state index is 3.58. The van der Waals surface area contributed by atoms with Crippen LogP contribution in [0, 0.1) is 5.92 Å². The first kappa shape index (κ1) is 13.9. The Bertz CT molecular complexity index is 408. The van der Waals surface area contributed by atoms with Gasteiger partial charge in [0, 0.05) is 31.4 Å². The van der Waals surface area contributed by atoms with Crippen molar-refractivity contribution >= 4 is 5.69 Å². The lowest BCUT2D eigenvalue weighted by molar-refractivity contribution is 0.459. The lowest BCUT2D eigenvalue weighted by atomic mass is 9.98. The topological polar surface area (TPSA) is 15.3 Å². The van der Waals surface area contributed by atoms with Gasteiger partial charge >= 0.3 is 0 Å². The number of rotatable bonds is 5. The zero-order chi connectivity index (χ0) is 13.8. The molecule has 1 aromatic carbocycles. The number of nitrogens with zero attached hydrogens (tertiary/aromatic N) is 1. The quantitative estimate of drug-likeness (QED) is 0.873. The van der Waals surface area contributed by atoms with Crippen LogP contribution in [0.25, 0.3) is 0 Å². The molecule has 1 aliphatic heterocycles. The van der Waals surface area contributed by atoms with Gasteiger partial charge in [-0.25, -0.2) is 0 Å². The Balaban J connectivity index is 1.55. The van der Waals surface area contributed by atoms with Crippen LogP contribution < -0.4 is 10.2 Å². The zero-order valence-electron chi connectivity index (χ0n) is 12.8. The number of anilines is 1. The second kappa shape index (κ2) is 6.62. The molecule has 2 nitrogen and oxygen atoms in total. The molecule has 0 bridgehead atoms. The summed E-state index contributed by atoms with van der Waals surface area (Å²) >= 11 is 0. The monoisotopic (exact) mass is 272 g/mol. The van der Waals surface area contributed by atoms with Gasteiger partial charge in [-0.15, -0.1) is 0 Å². The first-order chi connectivity index (χ1) is 9.85. The lowest BCUT2D eigenvalue weighted by Gasteiger charge is -2.23. The Morgan fingerprint density at radius 2 is 1.85 bits per heavy atom. The van der Waals surface area contributed by atoms with E-state index in [0.717, 1.165) is 18.5 Å². The molecule has 3 rings (SSSR count).